The highest BCUT2D eigenvalue weighted by molar-refractivity contribution is 9.11. The fraction of sp³-hybridized carbons (Fsp3) is 0.333. The summed E-state index contributed by atoms with van der Waals surface area (Å²) in [6, 6.07) is 0. The highest BCUT2D eigenvalue weighted by Crippen LogP contribution is 2.25. The lowest BCUT2D eigenvalue weighted by Crippen LogP contribution is -2.12. The average Bonchev–Trinajstić information content (AvgIpc) is 2.86. The van der Waals surface area contributed by atoms with Crippen LogP contribution in [0.3, 0.4) is 0 Å². The summed E-state index contributed by atoms with van der Waals surface area (Å²) in [7, 11) is 0. The zero-order chi connectivity index (χ0) is 12.4. The average molecular weight is 333 g/mol. The van der Waals surface area contributed by atoms with Crippen molar-refractivity contribution in [1.82, 2.24) is 14.6 Å². The van der Waals surface area contributed by atoms with Crippen molar-refractivity contribution in [1.29, 1.82) is 0 Å². The van der Waals surface area contributed by atoms with Crippen molar-refractivity contribution >= 4 is 49.8 Å². The van der Waals surface area contributed by atoms with Crippen LogP contribution in [-0.2, 0) is 0 Å². The Labute approximate surface area is 115 Å². The molecule has 2 rings (SSSR count). The molecule has 0 aliphatic rings. The molecule has 0 bridgehead atoms. The van der Waals surface area contributed by atoms with Crippen molar-refractivity contribution in [3.63, 3.8) is 0 Å². The number of hydrogen-bond acceptors (Lipinski definition) is 6. The Morgan fingerprint density at radius 3 is 2.88 bits per heavy atom. The van der Waals surface area contributed by atoms with Gasteiger partial charge in [-0.2, -0.15) is 0 Å². The number of carbonyl (C=O) groups excluding carboxylic acids is 1. The highest BCUT2D eigenvalue weighted by Gasteiger charge is 2.19. The van der Waals surface area contributed by atoms with E-state index in [2.05, 4.69) is 35.8 Å². The number of aromatic nitrogens is 3. The topological polar surface area (TPSA) is 67.8 Å². The molecule has 1 N–H and O–H groups in total. The van der Waals surface area contributed by atoms with Crippen LogP contribution in [0.15, 0.2) is 9.98 Å². The van der Waals surface area contributed by atoms with E-state index in [0.29, 0.717) is 10.0 Å². The lowest BCUT2D eigenvalue weighted by molar-refractivity contribution is 0.102. The van der Waals surface area contributed by atoms with Gasteiger partial charge in [0.2, 0.25) is 0 Å². The van der Waals surface area contributed by atoms with E-state index < -0.39 is 0 Å². The minimum absolute atomic E-state index is 0.178. The lowest BCUT2D eigenvalue weighted by Gasteiger charge is -2.03. The zero-order valence-electron chi connectivity index (χ0n) is 9.10. The Kier molecular flexibility index (Phi) is 3.85. The van der Waals surface area contributed by atoms with Gasteiger partial charge in [0.15, 0.2) is 5.13 Å². The molecule has 0 aliphatic carbocycles. The molecule has 0 unspecified atom stereocenters. The van der Waals surface area contributed by atoms with Crippen LogP contribution < -0.4 is 5.32 Å². The van der Waals surface area contributed by atoms with Gasteiger partial charge in [0, 0.05) is 0 Å². The van der Waals surface area contributed by atoms with Gasteiger partial charge in [-0.05, 0) is 33.4 Å². The van der Waals surface area contributed by atoms with E-state index in [1.54, 1.807) is 6.20 Å². The van der Waals surface area contributed by atoms with Crippen molar-refractivity contribution in [3.8, 4) is 0 Å². The van der Waals surface area contributed by atoms with Gasteiger partial charge in [0.1, 0.15) is 4.88 Å². The minimum atomic E-state index is -0.203. The van der Waals surface area contributed by atoms with E-state index in [1.807, 2.05) is 13.8 Å². The zero-order valence-corrected chi connectivity index (χ0v) is 12.3. The van der Waals surface area contributed by atoms with Gasteiger partial charge in [-0.25, -0.2) is 4.98 Å². The molecule has 0 radical (unpaired) electrons. The van der Waals surface area contributed by atoms with Crippen LogP contribution >= 0.6 is 38.8 Å². The second-order valence-corrected chi connectivity index (χ2v) is 6.73. The third-order valence-electron chi connectivity index (χ3n) is 1.96. The van der Waals surface area contributed by atoms with E-state index in [9.17, 15) is 4.79 Å². The summed E-state index contributed by atoms with van der Waals surface area (Å²) in [5.41, 5.74) is 0.725. The smallest absolute Gasteiger partial charge is 0.271 e. The molecular weight excluding hydrogens is 324 g/mol. The molecule has 17 heavy (non-hydrogen) atoms. The van der Waals surface area contributed by atoms with Gasteiger partial charge in [0.05, 0.1) is 15.7 Å². The van der Waals surface area contributed by atoms with Crippen molar-refractivity contribution in [2.24, 2.45) is 0 Å². The normalized spacial score (nSPS) is 10.8. The van der Waals surface area contributed by atoms with Crippen LogP contribution in [-0.4, -0.2) is 20.5 Å². The molecule has 1 amide bonds. The van der Waals surface area contributed by atoms with Gasteiger partial charge in [-0.3, -0.25) is 10.1 Å². The van der Waals surface area contributed by atoms with E-state index in [0.717, 1.165) is 21.0 Å². The Morgan fingerprint density at radius 2 is 2.29 bits per heavy atom. The molecular formula is C9H9BrN4OS2. The van der Waals surface area contributed by atoms with Gasteiger partial charge < -0.3 is 0 Å². The van der Waals surface area contributed by atoms with E-state index in [4.69, 9.17) is 0 Å². The standard InChI is InChI=1S/C9H9BrN4OS2/c1-4(2)6-7(17-14-13-6)8(15)12-9-11-3-5(10)16-9/h3-4H,1-2H3,(H,11,12,15). The monoisotopic (exact) mass is 332 g/mol. The largest absolute Gasteiger partial charge is 0.297 e. The Balaban J connectivity index is 2.17. The maximum atomic E-state index is 12.0. The van der Waals surface area contributed by atoms with Crippen LogP contribution in [0.1, 0.15) is 35.1 Å². The van der Waals surface area contributed by atoms with Crippen LogP contribution in [0.25, 0.3) is 0 Å². The van der Waals surface area contributed by atoms with Gasteiger partial charge in [0.25, 0.3) is 5.91 Å². The molecule has 0 fully saturated rings. The molecule has 0 saturated heterocycles. The number of nitrogens with zero attached hydrogens (tertiary/aromatic N) is 3. The summed E-state index contributed by atoms with van der Waals surface area (Å²) in [5, 5.41) is 7.25. The number of thiazole rings is 1. The van der Waals surface area contributed by atoms with E-state index in [-0.39, 0.29) is 11.8 Å². The Bertz CT molecular complexity index is 537. The minimum Gasteiger partial charge on any atom is -0.297 e. The third kappa shape index (κ3) is 2.88. The molecule has 0 aliphatic heterocycles. The number of carbonyl (C=O) groups is 1. The molecule has 2 aromatic rings. The first-order valence-electron chi connectivity index (χ1n) is 4.83. The Morgan fingerprint density at radius 1 is 1.53 bits per heavy atom. The SMILES string of the molecule is CC(C)c1nnsc1C(=O)Nc1ncc(Br)s1. The van der Waals surface area contributed by atoms with Crippen molar-refractivity contribution < 1.29 is 4.79 Å². The number of nitrogens with one attached hydrogen (secondary N) is 1. The summed E-state index contributed by atoms with van der Waals surface area (Å²) in [6.45, 7) is 3.96. The first-order chi connectivity index (χ1) is 8.08. The lowest BCUT2D eigenvalue weighted by atomic mass is 10.1. The molecule has 2 heterocycles. The Hall–Kier alpha value is -0.860. The predicted molar refractivity (Wildman–Crippen MR) is 71.8 cm³/mol. The molecule has 0 atom stereocenters. The van der Waals surface area contributed by atoms with Crippen LogP contribution in [0.4, 0.5) is 5.13 Å². The van der Waals surface area contributed by atoms with Gasteiger partial charge in [-0.1, -0.05) is 29.7 Å². The molecule has 0 aromatic carbocycles. The fourth-order valence-corrected chi connectivity index (χ4v) is 3.01. The summed E-state index contributed by atoms with van der Waals surface area (Å²) in [4.78, 5) is 16.6. The number of rotatable bonds is 3. The summed E-state index contributed by atoms with van der Waals surface area (Å²) >= 11 is 5.76. The number of anilines is 1. The van der Waals surface area contributed by atoms with Crippen LogP contribution in [0.5, 0.6) is 0 Å². The quantitative estimate of drug-likeness (QED) is 0.937. The van der Waals surface area contributed by atoms with Gasteiger partial charge in [-0.15, -0.1) is 5.10 Å². The second kappa shape index (κ2) is 5.19. The highest BCUT2D eigenvalue weighted by atomic mass is 79.9. The molecule has 0 saturated carbocycles. The van der Waals surface area contributed by atoms with E-state index >= 15 is 0 Å². The summed E-state index contributed by atoms with van der Waals surface area (Å²) in [5.74, 6) is -0.0249. The second-order valence-electron chi connectivity index (χ2n) is 3.57. The number of amides is 1. The first-order valence-corrected chi connectivity index (χ1v) is 7.21. The molecule has 0 spiro atoms. The fourth-order valence-electron chi connectivity index (χ4n) is 1.20. The van der Waals surface area contributed by atoms with Crippen LogP contribution in [0, 0.1) is 0 Å². The maximum Gasteiger partial charge on any atom is 0.271 e. The predicted octanol–water partition coefficient (Wildman–Crippen LogP) is 3.13. The summed E-state index contributed by atoms with van der Waals surface area (Å²) in [6.07, 6.45) is 1.65. The van der Waals surface area contributed by atoms with Crippen molar-refractivity contribution in [2.75, 3.05) is 5.32 Å². The van der Waals surface area contributed by atoms with E-state index in [1.165, 1.54) is 11.3 Å². The molecule has 2 aromatic heterocycles. The number of halogens is 1. The van der Waals surface area contributed by atoms with Crippen molar-refractivity contribution in [2.45, 2.75) is 19.8 Å². The summed E-state index contributed by atoms with van der Waals surface area (Å²) < 4.78 is 4.69. The molecule has 8 heteroatoms. The van der Waals surface area contributed by atoms with Crippen LogP contribution in [0.2, 0.25) is 0 Å². The molecule has 90 valence electrons. The van der Waals surface area contributed by atoms with Gasteiger partial charge >= 0.3 is 0 Å². The maximum absolute atomic E-state index is 12.0. The third-order valence-corrected chi connectivity index (χ3v) is 4.10. The number of hydrogen-bond donors (Lipinski definition) is 1. The first kappa shape index (κ1) is 12.6. The molecule has 5 nitrogen and oxygen atoms in total. The van der Waals surface area contributed by atoms with Crippen molar-refractivity contribution in [3.05, 3.63) is 20.6 Å².